The van der Waals surface area contributed by atoms with Crippen molar-refractivity contribution in [1.29, 1.82) is 0 Å². The van der Waals surface area contributed by atoms with Gasteiger partial charge in [0.25, 0.3) is 0 Å². The maximum atomic E-state index is 4.43. The second-order valence-corrected chi connectivity index (χ2v) is 4.79. The Kier molecular flexibility index (Phi) is 2.16. The summed E-state index contributed by atoms with van der Waals surface area (Å²) in [6.07, 6.45) is 5.05. The number of nitrogens with zero attached hydrogens (tertiary/aromatic N) is 2. The van der Waals surface area contributed by atoms with Gasteiger partial charge in [-0.15, -0.1) is 0 Å². The number of rotatable bonds is 1. The lowest BCUT2D eigenvalue weighted by Crippen LogP contribution is -2.32. The average Bonchev–Trinajstić information content (AvgIpc) is 2.92. The van der Waals surface area contributed by atoms with Crippen molar-refractivity contribution in [3.8, 4) is 0 Å². The fourth-order valence-corrected chi connectivity index (χ4v) is 2.99. The van der Waals surface area contributed by atoms with Crippen molar-refractivity contribution in [1.82, 2.24) is 0 Å². The van der Waals surface area contributed by atoms with Gasteiger partial charge in [-0.3, -0.25) is 0 Å². The van der Waals surface area contributed by atoms with E-state index in [2.05, 4.69) is 41.4 Å². The topological polar surface area (TPSA) is 24.7 Å². The monoisotopic (exact) mass is 212 g/mol. The summed E-state index contributed by atoms with van der Waals surface area (Å²) in [6, 6.07) is 10.5. The molecule has 1 aromatic carbocycles. The lowest BCUT2D eigenvalue weighted by atomic mass is 9.75. The summed E-state index contributed by atoms with van der Waals surface area (Å²) < 4.78 is 0. The van der Waals surface area contributed by atoms with Crippen LogP contribution in [0.25, 0.3) is 0 Å². The van der Waals surface area contributed by atoms with Gasteiger partial charge in [-0.1, -0.05) is 43.2 Å². The van der Waals surface area contributed by atoms with E-state index in [0.717, 1.165) is 0 Å². The second kappa shape index (κ2) is 3.55. The summed E-state index contributed by atoms with van der Waals surface area (Å²) in [5, 5.41) is 8.76. The van der Waals surface area contributed by atoms with Crippen LogP contribution in [-0.4, -0.2) is 11.4 Å². The van der Waals surface area contributed by atoms with Crippen LogP contribution < -0.4 is 0 Å². The molecule has 0 atom stereocenters. The van der Waals surface area contributed by atoms with E-state index in [0.29, 0.717) is 0 Å². The highest BCUT2D eigenvalue weighted by molar-refractivity contribution is 6.20. The summed E-state index contributed by atoms with van der Waals surface area (Å²) in [5.41, 5.74) is 3.82. The fraction of sp³-hybridized carbons (Fsp3) is 0.429. The molecule has 0 N–H and O–H groups in total. The van der Waals surface area contributed by atoms with Gasteiger partial charge in [0.1, 0.15) is 0 Å². The molecule has 2 heteroatoms. The normalized spacial score (nSPS) is 22.3. The second-order valence-electron chi connectivity index (χ2n) is 4.79. The van der Waals surface area contributed by atoms with Crippen molar-refractivity contribution in [3.63, 3.8) is 0 Å². The van der Waals surface area contributed by atoms with Crippen LogP contribution in [-0.2, 0) is 0 Å². The molecule has 0 aromatic heterocycles. The predicted octanol–water partition coefficient (Wildman–Crippen LogP) is 3.43. The first kappa shape index (κ1) is 9.76. The molecule has 2 aliphatic rings. The van der Waals surface area contributed by atoms with E-state index in [4.69, 9.17) is 0 Å². The Balaban J connectivity index is 2.04. The van der Waals surface area contributed by atoms with Crippen LogP contribution in [0.5, 0.6) is 0 Å². The molecular weight excluding hydrogens is 196 g/mol. The highest BCUT2D eigenvalue weighted by Crippen LogP contribution is 2.45. The third-order valence-electron chi connectivity index (χ3n) is 3.95. The van der Waals surface area contributed by atoms with Crippen LogP contribution in [0.4, 0.5) is 0 Å². The van der Waals surface area contributed by atoms with Crippen LogP contribution in [0, 0.1) is 5.41 Å². The molecule has 1 heterocycles. The quantitative estimate of drug-likeness (QED) is 0.681. The van der Waals surface area contributed by atoms with Crippen molar-refractivity contribution in [2.75, 3.05) is 0 Å². The Morgan fingerprint density at radius 3 is 2.38 bits per heavy atom. The van der Waals surface area contributed by atoms with Gasteiger partial charge < -0.3 is 0 Å². The first-order chi connectivity index (χ1) is 7.83. The molecule has 82 valence electrons. The Hall–Kier alpha value is -1.44. The van der Waals surface area contributed by atoms with Crippen molar-refractivity contribution in [3.05, 3.63) is 35.9 Å². The zero-order valence-corrected chi connectivity index (χ0v) is 9.61. The standard InChI is InChI=1S/C14H16N2/c1-11-14(9-5-6-10-14)13(16-15-11)12-7-3-2-4-8-12/h2-4,7-8H,5-6,9-10H2,1H3. The van der Waals surface area contributed by atoms with Crippen LogP contribution in [0.2, 0.25) is 0 Å². The highest BCUT2D eigenvalue weighted by atomic mass is 15.2. The van der Waals surface area contributed by atoms with Gasteiger partial charge in [-0.25, -0.2) is 0 Å². The van der Waals surface area contributed by atoms with E-state index >= 15 is 0 Å². The summed E-state index contributed by atoms with van der Waals surface area (Å²) in [4.78, 5) is 0. The summed E-state index contributed by atoms with van der Waals surface area (Å²) in [6.45, 7) is 2.13. The lowest BCUT2D eigenvalue weighted by Gasteiger charge is -2.25. The Morgan fingerprint density at radius 2 is 1.69 bits per heavy atom. The Morgan fingerprint density at radius 1 is 1.00 bits per heavy atom. The molecule has 2 nitrogen and oxygen atoms in total. The molecule has 0 saturated heterocycles. The predicted molar refractivity (Wildman–Crippen MR) is 67.0 cm³/mol. The van der Waals surface area contributed by atoms with E-state index in [9.17, 15) is 0 Å². The minimum atomic E-state index is 0.168. The minimum absolute atomic E-state index is 0.168. The molecule has 1 fully saturated rings. The zero-order chi connectivity index (χ0) is 11.0. The molecular formula is C14H16N2. The van der Waals surface area contributed by atoms with Crippen molar-refractivity contribution in [2.45, 2.75) is 32.6 Å². The summed E-state index contributed by atoms with van der Waals surface area (Å²) >= 11 is 0. The maximum Gasteiger partial charge on any atom is 0.0821 e. The van der Waals surface area contributed by atoms with Crippen LogP contribution in [0.15, 0.2) is 40.5 Å². The minimum Gasteiger partial charge on any atom is -0.159 e. The van der Waals surface area contributed by atoms with Gasteiger partial charge in [0.15, 0.2) is 0 Å². The molecule has 1 aromatic rings. The van der Waals surface area contributed by atoms with E-state index in [1.54, 1.807) is 0 Å². The number of benzene rings is 1. The third kappa shape index (κ3) is 1.26. The van der Waals surface area contributed by atoms with Gasteiger partial charge >= 0.3 is 0 Å². The molecule has 1 spiro atoms. The molecule has 16 heavy (non-hydrogen) atoms. The zero-order valence-electron chi connectivity index (χ0n) is 9.61. The molecule has 0 unspecified atom stereocenters. The van der Waals surface area contributed by atoms with Crippen molar-refractivity contribution in [2.24, 2.45) is 15.6 Å². The van der Waals surface area contributed by atoms with E-state index in [-0.39, 0.29) is 5.41 Å². The SMILES string of the molecule is CC1=NN=C(c2ccccc2)C12CCCC2. The Labute approximate surface area is 96.1 Å². The maximum absolute atomic E-state index is 4.43. The van der Waals surface area contributed by atoms with E-state index in [1.807, 2.05) is 6.07 Å². The molecule has 0 radical (unpaired) electrons. The molecule has 0 amide bonds. The lowest BCUT2D eigenvalue weighted by molar-refractivity contribution is 0.609. The molecule has 1 aliphatic carbocycles. The van der Waals surface area contributed by atoms with Gasteiger partial charge in [0.05, 0.1) is 11.1 Å². The fourth-order valence-electron chi connectivity index (χ4n) is 2.99. The van der Waals surface area contributed by atoms with E-state index < -0.39 is 0 Å². The molecule has 0 bridgehead atoms. The van der Waals surface area contributed by atoms with Crippen molar-refractivity contribution >= 4 is 11.4 Å². The first-order valence-corrected chi connectivity index (χ1v) is 6.02. The molecule has 1 aliphatic heterocycles. The summed E-state index contributed by atoms with van der Waals surface area (Å²) in [5.74, 6) is 0. The van der Waals surface area contributed by atoms with Gasteiger partial charge in [0, 0.05) is 5.71 Å². The first-order valence-electron chi connectivity index (χ1n) is 6.02. The van der Waals surface area contributed by atoms with E-state index in [1.165, 1.54) is 42.7 Å². The average molecular weight is 212 g/mol. The largest absolute Gasteiger partial charge is 0.159 e. The van der Waals surface area contributed by atoms with Crippen LogP contribution in [0.3, 0.4) is 0 Å². The number of hydrogen-bond acceptors (Lipinski definition) is 2. The third-order valence-corrected chi connectivity index (χ3v) is 3.95. The molecule has 3 rings (SSSR count). The van der Waals surface area contributed by atoms with Gasteiger partial charge in [0.2, 0.25) is 0 Å². The van der Waals surface area contributed by atoms with Crippen LogP contribution in [0.1, 0.15) is 38.2 Å². The number of hydrogen-bond donors (Lipinski definition) is 0. The highest BCUT2D eigenvalue weighted by Gasteiger charge is 2.44. The smallest absolute Gasteiger partial charge is 0.0821 e. The van der Waals surface area contributed by atoms with Gasteiger partial charge in [-0.2, -0.15) is 10.2 Å². The Bertz CT molecular complexity index is 451. The molecule has 1 saturated carbocycles. The van der Waals surface area contributed by atoms with Crippen molar-refractivity contribution < 1.29 is 0 Å². The van der Waals surface area contributed by atoms with Crippen LogP contribution >= 0.6 is 0 Å². The van der Waals surface area contributed by atoms with Gasteiger partial charge in [-0.05, 0) is 25.3 Å². The summed E-state index contributed by atoms with van der Waals surface area (Å²) in [7, 11) is 0.